The van der Waals surface area contributed by atoms with E-state index in [0.717, 1.165) is 0 Å². The van der Waals surface area contributed by atoms with Gasteiger partial charge in [-0.15, -0.1) is 0 Å². The van der Waals surface area contributed by atoms with Crippen molar-refractivity contribution in [1.29, 1.82) is 0 Å². The fourth-order valence-corrected chi connectivity index (χ4v) is 1.60. The van der Waals surface area contributed by atoms with Gasteiger partial charge in [-0.1, -0.05) is 0 Å². The highest BCUT2D eigenvalue weighted by Gasteiger charge is 2.26. The van der Waals surface area contributed by atoms with Gasteiger partial charge in [-0.2, -0.15) is 0 Å². The number of benzene rings is 1. The largest absolute Gasteiger partial charge is 0.478 e. The molecule has 0 heterocycles. The van der Waals surface area contributed by atoms with Crippen LogP contribution in [0.5, 0.6) is 0 Å². The fourth-order valence-electron chi connectivity index (χ4n) is 1.60. The molecule has 2 N–H and O–H groups in total. The van der Waals surface area contributed by atoms with E-state index in [9.17, 15) is 19.2 Å². The lowest BCUT2D eigenvalue weighted by molar-refractivity contribution is 0.0519. The molecule has 4 radical (unpaired) electrons. The summed E-state index contributed by atoms with van der Waals surface area (Å²) in [4.78, 5) is 45.7. The van der Waals surface area contributed by atoms with Crippen molar-refractivity contribution < 1.29 is 38.9 Å². The Morgan fingerprint density at radius 1 is 0.773 bits per heavy atom. The molecule has 22 heavy (non-hydrogen) atoms. The van der Waals surface area contributed by atoms with Crippen molar-refractivity contribution in [2.75, 3.05) is 13.2 Å². The van der Waals surface area contributed by atoms with Gasteiger partial charge in [0.05, 0.1) is 35.5 Å². The Hall–Kier alpha value is -2.90. The van der Waals surface area contributed by atoms with Crippen molar-refractivity contribution in [2.45, 2.75) is 0 Å². The van der Waals surface area contributed by atoms with Gasteiger partial charge in [-0.25, -0.2) is 19.2 Å². The molecule has 1 rings (SSSR count). The first-order valence-electron chi connectivity index (χ1n) is 5.72. The molecule has 114 valence electrons. The van der Waals surface area contributed by atoms with Crippen molar-refractivity contribution in [3.63, 3.8) is 0 Å². The minimum atomic E-state index is -1.57. The summed E-state index contributed by atoms with van der Waals surface area (Å²) in [6, 6.07) is 1.41. The highest BCUT2D eigenvalue weighted by molar-refractivity contribution is 6.09. The molecule has 0 spiro atoms. The molecule has 0 saturated heterocycles. The first-order valence-corrected chi connectivity index (χ1v) is 5.72. The van der Waals surface area contributed by atoms with Crippen molar-refractivity contribution in [3.8, 4) is 0 Å². The summed E-state index contributed by atoms with van der Waals surface area (Å²) in [5.74, 6) is -5.41. The van der Waals surface area contributed by atoms with Crippen LogP contribution in [0.3, 0.4) is 0 Å². The third kappa shape index (κ3) is 3.60. The molecule has 0 atom stereocenters. The van der Waals surface area contributed by atoms with Gasteiger partial charge in [0.1, 0.15) is 0 Å². The maximum absolute atomic E-state index is 11.7. The quantitative estimate of drug-likeness (QED) is 0.739. The van der Waals surface area contributed by atoms with E-state index in [2.05, 4.69) is 9.47 Å². The maximum Gasteiger partial charge on any atom is 0.339 e. The summed E-state index contributed by atoms with van der Waals surface area (Å²) in [5, 5.41) is 18.2. The lowest BCUT2D eigenvalue weighted by atomic mass is 9.98. The molecule has 0 saturated carbocycles. The second-order valence-corrected chi connectivity index (χ2v) is 3.75. The van der Waals surface area contributed by atoms with E-state index in [1.54, 1.807) is 0 Å². The third-order valence-corrected chi connectivity index (χ3v) is 2.49. The molecular formula is C14H10O8. The number of hydrogen-bond donors (Lipinski definition) is 2. The Kier molecular flexibility index (Phi) is 5.62. The van der Waals surface area contributed by atoms with Crippen LogP contribution in [0.4, 0.5) is 0 Å². The smallest absolute Gasteiger partial charge is 0.339 e. The topological polar surface area (TPSA) is 127 Å². The summed E-state index contributed by atoms with van der Waals surface area (Å²) in [7, 11) is 0. The Balaban J connectivity index is 3.57. The molecule has 8 nitrogen and oxygen atoms in total. The molecule has 0 aliphatic carbocycles. The molecular weight excluding hydrogens is 296 g/mol. The summed E-state index contributed by atoms with van der Waals surface area (Å²) in [5.41, 5.74) is -2.38. The van der Waals surface area contributed by atoms with Gasteiger partial charge in [-0.3, -0.25) is 0 Å². The molecule has 0 aliphatic heterocycles. The van der Waals surface area contributed by atoms with Gasteiger partial charge < -0.3 is 19.7 Å². The van der Waals surface area contributed by atoms with Gasteiger partial charge >= 0.3 is 23.9 Å². The van der Waals surface area contributed by atoms with Crippen LogP contribution in [-0.4, -0.2) is 47.3 Å². The lowest BCUT2D eigenvalue weighted by Gasteiger charge is -2.11. The number of carboxylic acid groups (broad SMARTS) is 2. The number of carbonyl (C=O) groups excluding carboxylic acids is 2. The molecule has 0 aromatic heterocycles. The SMILES string of the molecule is [CH]COC(=O)c1cc(C(=O)O)c(C(=O)OC[CH])cc1C(=O)O. The minimum absolute atomic E-state index is 0.530. The summed E-state index contributed by atoms with van der Waals surface area (Å²) in [6.07, 6.45) is 0. The molecule has 1 aromatic rings. The van der Waals surface area contributed by atoms with Crippen molar-refractivity contribution >= 4 is 23.9 Å². The van der Waals surface area contributed by atoms with E-state index >= 15 is 0 Å². The third-order valence-electron chi connectivity index (χ3n) is 2.49. The van der Waals surface area contributed by atoms with Crippen LogP contribution in [0.15, 0.2) is 12.1 Å². The Morgan fingerprint density at radius 2 is 1.09 bits per heavy atom. The van der Waals surface area contributed by atoms with E-state index < -0.39 is 59.3 Å². The predicted molar refractivity (Wildman–Crippen MR) is 69.5 cm³/mol. The molecule has 0 bridgehead atoms. The Morgan fingerprint density at radius 3 is 1.32 bits per heavy atom. The van der Waals surface area contributed by atoms with Crippen molar-refractivity contribution in [2.24, 2.45) is 0 Å². The summed E-state index contributed by atoms with van der Waals surface area (Å²) in [6.45, 7) is 8.97. The molecule has 0 aliphatic rings. The van der Waals surface area contributed by atoms with Crippen LogP contribution >= 0.6 is 0 Å². The molecule has 0 unspecified atom stereocenters. The van der Waals surface area contributed by atoms with Gasteiger partial charge in [0.25, 0.3) is 0 Å². The van der Waals surface area contributed by atoms with E-state index in [0.29, 0.717) is 12.1 Å². The number of esters is 2. The zero-order valence-corrected chi connectivity index (χ0v) is 11.1. The minimum Gasteiger partial charge on any atom is -0.478 e. The predicted octanol–water partition coefficient (Wildman–Crippen LogP) is 0.819. The highest BCUT2D eigenvalue weighted by Crippen LogP contribution is 2.20. The number of carbonyl (C=O) groups is 4. The van der Waals surface area contributed by atoms with Crippen molar-refractivity contribution in [1.82, 2.24) is 0 Å². The first kappa shape index (κ1) is 17.2. The molecule has 8 heteroatoms. The lowest BCUT2D eigenvalue weighted by Crippen LogP contribution is -2.18. The van der Waals surface area contributed by atoms with E-state index in [1.807, 2.05) is 0 Å². The zero-order valence-electron chi connectivity index (χ0n) is 11.1. The van der Waals surface area contributed by atoms with E-state index in [-0.39, 0.29) is 0 Å². The van der Waals surface area contributed by atoms with Crippen LogP contribution in [0, 0.1) is 13.8 Å². The maximum atomic E-state index is 11.7. The van der Waals surface area contributed by atoms with E-state index in [1.165, 1.54) is 0 Å². The number of hydrogen-bond acceptors (Lipinski definition) is 6. The number of carboxylic acids is 2. The Labute approximate surface area is 125 Å². The van der Waals surface area contributed by atoms with Crippen LogP contribution in [0.2, 0.25) is 0 Å². The average Bonchev–Trinajstić information content (AvgIpc) is 2.46. The van der Waals surface area contributed by atoms with Gasteiger partial charge in [0.2, 0.25) is 0 Å². The highest BCUT2D eigenvalue weighted by atomic mass is 16.5. The number of ether oxygens (including phenoxy) is 2. The number of aromatic carboxylic acids is 2. The van der Waals surface area contributed by atoms with Gasteiger partial charge in [0.15, 0.2) is 0 Å². The first-order chi connectivity index (χ1) is 10.3. The average molecular weight is 306 g/mol. The van der Waals surface area contributed by atoms with Crippen molar-refractivity contribution in [3.05, 3.63) is 48.2 Å². The fraction of sp³-hybridized carbons (Fsp3) is 0.143. The monoisotopic (exact) mass is 306 g/mol. The normalized spacial score (nSPS) is 9.91. The summed E-state index contributed by atoms with van der Waals surface area (Å²) >= 11 is 0. The van der Waals surface area contributed by atoms with Gasteiger partial charge in [-0.05, 0) is 12.1 Å². The summed E-state index contributed by atoms with van der Waals surface area (Å²) < 4.78 is 8.90. The second-order valence-electron chi connectivity index (χ2n) is 3.75. The molecule has 0 fully saturated rings. The molecule has 0 amide bonds. The Bertz CT molecular complexity index is 576. The second kappa shape index (κ2) is 7.21. The van der Waals surface area contributed by atoms with Crippen LogP contribution < -0.4 is 0 Å². The number of rotatable bonds is 6. The zero-order chi connectivity index (χ0) is 16.9. The standard InChI is InChI=1S/C14H10O8/c1-3-21-13(19)9-5-8(12(17)18)10(14(20)22-4-2)6-7(9)11(15)16/h1-2,5-6H,3-4H2,(H,15,16)(H,17,18). The molecule has 1 aromatic carbocycles. The van der Waals surface area contributed by atoms with Crippen LogP contribution in [0.25, 0.3) is 0 Å². The van der Waals surface area contributed by atoms with Crippen LogP contribution in [-0.2, 0) is 9.47 Å². The van der Waals surface area contributed by atoms with Gasteiger partial charge in [0, 0.05) is 13.8 Å². The van der Waals surface area contributed by atoms with E-state index in [4.69, 9.17) is 24.1 Å². The van der Waals surface area contributed by atoms with Crippen LogP contribution in [0.1, 0.15) is 41.4 Å².